The minimum atomic E-state index is 0.334. The summed E-state index contributed by atoms with van der Waals surface area (Å²) in [4.78, 5) is 11.0. The Kier molecular flexibility index (Phi) is 6.89. The molecule has 7 heteroatoms. The molecule has 1 aliphatic heterocycles. The fraction of sp³-hybridized carbons (Fsp3) is 0.320. The molecule has 2 aromatic heterocycles. The van der Waals surface area contributed by atoms with Crippen LogP contribution in [0.1, 0.15) is 35.1 Å². The molecule has 0 radical (unpaired) electrons. The van der Waals surface area contributed by atoms with Crippen molar-refractivity contribution in [1.29, 1.82) is 5.26 Å². The highest BCUT2D eigenvalue weighted by Gasteiger charge is 2.20. The molecule has 1 fully saturated rings. The Labute approximate surface area is 193 Å². The standard InChI is InChI=1S/C25H26ClN5O/c1-17-11-20(15-27)12-18(2)25(17)32-22-13-23(26)30-24(14-22)29-21-5-9-31(10-6-21)16-19-3-7-28-8-4-19/h3-4,7-8,11-14,21H,5-6,9-10,16H2,1-2H3,(H,29,30). The molecule has 0 spiro atoms. The average molecular weight is 448 g/mol. The first kappa shape index (κ1) is 22.1. The predicted octanol–water partition coefficient (Wildman–Crippen LogP) is 5.49. The van der Waals surface area contributed by atoms with Gasteiger partial charge in [-0.2, -0.15) is 5.26 Å². The van der Waals surface area contributed by atoms with Crippen molar-refractivity contribution in [3.8, 4) is 17.6 Å². The van der Waals surface area contributed by atoms with Gasteiger partial charge in [0.05, 0.1) is 11.6 Å². The van der Waals surface area contributed by atoms with Gasteiger partial charge in [-0.15, -0.1) is 0 Å². The van der Waals surface area contributed by atoms with Crippen LogP contribution in [0.2, 0.25) is 5.15 Å². The highest BCUT2D eigenvalue weighted by atomic mass is 35.5. The molecule has 0 aliphatic carbocycles. The Bertz CT molecular complexity index is 1100. The normalized spacial score (nSPS) is 14.7. The molecule has 6 nitrogen and oxygen atoms in total. The number of anilines is 1. The second kappa shape index (κ2) is 9.99. The SMILES string of the molecule is Cc1cc(C#N)cc(C)c1Oc1cc(Cl)nc(NC2CCN(Cc3ccncc3)CC2)c1. The van der Waals surface area contributed by atoms with Crippen LogP contribution in [0.3, 0.4) is 0 Å². The van der Waals surface area contributed by atoms with E-state index in [0.717, 1.165) is 49.4 Å². The Morgan fingerprint density at radius 1 is 1.12 bits per heavy atom. The summed E-state index contributed by atoms with van der Waals surface area (Å²) in [6, 6.07) is 13.9. The van der Waals surface area contributed by atoms with E-state index in [1.165, 1.54) is 5.56 Å². The summed E-state index contributed by atoms with van der Waals surface area (Å²) >= 11 is 6.29. The number of aryl methyl sites for hydroxylation is 2. The molecule has 3 aromatic rings. The van der Waals surface area contributed by atoms with E-state index in [1.807, 2.05) is 44.4 Å². The Morgan fingerprint density at radius 3 is 2.47 bits per heavy atom. The van der Waals surface area contributed by atoms with Gasteiger partial charge in [-0.1, -0.05) is 11.6 Å². The Hall–Kier alpha value is -3.14. The van der Waals surface area contributed by atoms with Gasteiger partial charge in [0.15, 0.2) is 0 Å². The van der Waals surface area contributed by atoms with Crippen molar-refractivity contribution in [2.75, 3.05) is 18.4 Å². The number of halogens is 1. The number of nitrogens with one attached hydrogen (secondary N) is 1. The van der Waals surface area contributed by atoms with Gasteiger partial charge in [0.1, 0.15) is 22.5 Å². The lowest BCUT2D eigenvalue weighted by atomic mass is 10.0. The number of nitrogens with zero attached hydrogens (tertiary/aromatic N) is 4. The second-order valence-corrected chi connectivity index (χ2v) is 8.60. The number of aromatic nitrogens is 2. The van der Waals surface area contributed by atoms with Crippen molar-refractivity contribution >= 4 is 17.4 Å². The molecule has 0 atom stereocenters. The smallest absolute Gasteiger partial charge is 0.135 e. The van der Waals surface area contributed by atoms with Crippen molar-refractivity contribution in [2.45, 2.75) is 39.3 Å². The van der Waals surface area contributed by atoms with E-state index >= 15 is 0 Å². The molecule has 4 rings (SSSR count). The van der Waals surface area contributed by atoms with Crippen LogP contribution in [0.15, 0.2) is 48.8 Å². The van der Waals surface area contributed by atoms with Crippen LogP contribution in [0.5, 0.6) is 11.5 Å². The van der Waals surface area contributed by atoms with E-state index in [1.54, 1.807) is 6.07 Å². The third-order valence-corrected chi connectivity index (χ3v) is 5.87. The van der Waals surface area contributed by atoms with E-state index in [4.69, 9.17) is 21.6 Å². The van der Waals surface area contributed by atoms with E-state index in [0.29, 0.717) is 28.3 Å². The Balaban J connectivity index is 1.39. The summed E-state index contributed by atoms with van der Waals surface area (Å²) in [5, 5.41) is 13.1. The zero-order valence-electron chi connectivity index (χ0n) is 18.3. The molecule has 32 heavy (non-hydrogen) atoms. The largest absolute Gasteiger partial charge is 0.457 e. The number of hydrogen-bond donors (Lipinski definition) is 1. The lowest BCUT2D eigenvalue weighted by Gasteiger charge is -2.32. The number of ether oxygens (including phenoxy) is 1. The maximum atomic E-state index is 9.16. The van der Waals surface area contributed by atoms with Crippen molar-refractivity contribution in [3.63, 3.8) is 0 Å². The number of piperidine rings is 1. The first-order chi connectivity index (χ1) is 15.5. The molecule has 0 unspecified atom stereocenters. The third-order valence-electron chi connectivity index (χ3n) is 5.67. The van der Waals surface area contributed by atoms with Gasteiger partial charge in [-0.25, -0.2) is 4.98 Å². The van der Waals surface area contributed by atoms with E-state index in [9.17, 15) is 0 Å². The first-order valence-electron chi connectivity index (χ1n) is 10.7. The van der Waals surface area contributed by atoms with Gasteiger partial charge in [0, 0.05) is 50.2 Å². The molecule has 0 saturated carbocycles. The Morgan fingerprint density at radius 2 is 1.81 bits per heavy atom. The van der Waals surface area contributed by atoms with Gasteiger partial charge in [-0.05, 0) is 67.6 Å². The van der Waals surface area contributed by atoms with Crippen molar-refractivity contribution < 1.29 is 4.74 Å². The maximum absolute atomic E-state index is 9.16. The number of rotatable bonds is 6. The van der Waals surface area contributed by atoms with Crippen molar-refractivity contribution in [3.05, 3.63) is 76.2 Å². The van der Waals surface area contributed by atoms with Gasteiger partial charge in [0.25, 0.3) is 0 Å². The number of hydrogen-bond acceptors (Lipinski definition) is 6. The highest BCUT2D eigenvalue weighted by molar-refractivity contribution is 6.29. The number of nitriles is 1. The quantitative estimate of drug-likeness (QED) is 0.504. The molecule has 1 aromatic carbocycles. The molecule has 3 heterocycles. The number of likely N-dealkylation sites (tertiary alicyclic amines) is 1. The van der Waals surface area contributed by atoms with Crippen LogP contribution in [0.25, 0.3) is 0 Å². The van der Waals surface area contributed by atoms with Crippen LogP contribution in [-0.4, -0.2) is 34.0 Å². The lowest BCUT2D eigenvalue weighted by molar-refractivity contribution is 0.211. The summed E-state index contributed by atoms with van der Waals surface area (Å²) < 4.78 is 6.15. The van der Waals surface area contributed by atoms with E-state index < -0.39 is 0 Å². The van der Waals surface area contributed by atoms with E-state index in [-0.39, 0.29) is 0 Å². The van der Waals surface area contributed by atoms with E-state index in [2.05, 4.69) is 38.4 Å². The molecule has 1 saturated heterocycles. The van der Waals surface area contributed by atoms with Crippen LogP contribution in [-0.2, 0) is 6.54 Å². The molecule has 1 aliphatic rings. The summed E-state index contributed by atoms with van der Waals surface area (Å²) in [7, 11) is 0. The van der Waals surface area contributed by atoms with Crippen LogP contribution >= 0.6 is 11.6 Å². The zero-order valence-corrected chi connectivity index (χ0v) is 19.1. The summed E-state index contributed by atoms with van der Waals surface area (Å²) in [5.74, 6) is 2.07. The lowest BCUT2D eigenvalue weighted by Crippen LogP contribution is -2.38. The number of benzene rings is 1. The predicted molar refractivity (Wildman–Crippen MR) is 126 cm³/mol. The second-order valence-electron chi connectivity index (χ2n) is 8.21. The van der Waals surface area contributed by atoms with Gasteiger partial charge >= 0.3 is 0 Å². The minimum Gasteiger partial charge on any atom is -0.457 e. The van der Waals surface area contributed by atoms with Crippen molar-refractivity contribution in [2.24, 2.45) is 0 Å². The first-order valence-corrected chi connectivity index (χ1v) is 11.1. The van der Waals surface area contributed by atoms with Crippen LogP contribution in [0.4, 0.5) is 5.82 Å². The van der Waals surface area contributed by atoms with Gasteiger partial charge in [0.2, 0.25) is 0 Å². The molecule has 0 amide bonds. The summed E-state index contributed by atoms with van der Waals surface area (Å²) in [5.41, 5.74) is 3.73. The molecule has 164 valence electrons. The zero-order chi connectivity index (χ0) is 22.5. The minimum absolute atomic E-state index is 0.334. The van der Waals surface area contributed by atoms with Crippen LogP contribution in [0, 0.1) is 25.2 Å². The monoisotopic (exact) mass is 447 g/mol. The summed E-state index contributed by atoms with van der Waals surface area (Å²) in [6.45, 7) is 6.86. The molecular weight excluding hydrogens is 422 g/mol. The van der Waals surface area contributed by atoms with Gasteiger partial charge in [-0.3, -0.25) is 9.88 Å². The molecule has 0 bridgehead atoms. The highest BCUT2D eigenvalue weighted by Crippen LogP contribution is 2.32. The molecular formula is C25H26ClN5O. The average Bonchev–Trinajstić information content (AvgIpc) is 2.78. The van der Waals surface area contributed by atoms with Crippen molar-refractivity contribution in [1.82, 2.24) is 14.9 Å². The fourth-order valence-electron chi connectivity index (χ4n) is 4.09. The summed E-state index contributed by atoms with van der Waals surface area (Å²) in [6.07, 6.45) is 5.75. The van der Waals surface area contributed by atoms with Gasteiger partial charge < -0.3 is 10.1 Å². The number of pyridine rings is 2. The third kappa shape index (κ3) is 5.56. The van der Waals surface area contributed by atoms with Crippen LogP contribution < -0.4 is 10.1 Å². The topological polar surface area (TPSA) is 74.1 Å². The fourth-order valence-corrected chi connectivity index (χ4v) is 4.29. The molecule has 1 N–H and O–H groups in total. The maximum Gasteiger partial charge on any atom is 0.135 e.